The lowest BCUT2D eigenvalue weighted by Gasteiger charge is -2.33. The highest BCUT2D eigenvalue weighted by atomic mass is 16.6. The summed E-state index contributed by atoms with van der Waals surface area (Å²) in [6, 6.07) is 2.97. The molecule has 4 rings (SSSR count). The van der Waals surface area contributed by atoms with E-state index in [1.165, 1.54) is 0 Å². The number of nitrogens with one attached hydrogen (secondary N) is 1. The summed E-state index contributed by atoms with van der Waals surface area (Å²) in [6.45, 7) is 7.40. The number of ether oxygens (including phenoxy) is 2. The normalized spacial score (nSPS) is 24.1. The molecule has 1 N–H and O–H groups in total. The van der Waals surface area contributed by atoms with Crippen LogP contribution in [-0.4, -0.2) is 79.0 Å². The molecule has 160 valence electrons. The molecule has 0 aliphatic carbocycles. The van der Waals surface area contributed by atoms with Crippen LogP contribution in [0.1, 0.15) is 50.6 Å². The van der Waals surface area contributed by atoms with Gasteiger partial charge in [0, 0.05) is 69.3 Å². The molecule has 3 aliphatic rings. The van der Waals surface area contributed by atoms with Crippen LogP contribution in [-0.2, 0) is 9.47 Å². The van der Waals surface area contributed by atoms with Gasteiger partial charge in [-0.05, 0) is 45.1 Å². The topological polar surface area (TPSA) is 79.8 Å². The van der Waals surface area contributed by atoms with Gasteiger partial charge >= 0.3 is 6.09 Å². The summed E-state index contributed by atoms with van der Waals surface area (Å²) in [4.78, 5) is 25.4. The predicted octanol–water partition coefficient (Wildman–Crippen LogP) is 2.16. The number of hydrogen-bond acceptors (Lipinski definition) is 7. The number of carbonyl (C=O) groups is 1. The molecular weight excluding hydrogens is 370 g/mol. The van der Waals surface area contributed by atoms with E-state index in [9.17, 15) is 4.79 Å². The van der Waals surface area contributed by atoms with Crippen LogP contribution in [0.5, 0.6) is 0 Å². The summed E-state index contributed by atoms with van der Waals surface area (Å²) in [6.07, 6.45) is 6.87. The molecule has 3 aliphatic heterocycles. The van der Waals surface area contributed by atoms with Gasteiger partial charge in [0.15, 0.2) is 0 Å². The van der Waals surface area contributed by atoms with E-state index < -0.39 is 0 Å². The lowest BCUT2D eigenvalue weighted by atomic mass is 9.96. The van der Waals surface area contributed by atoms with Crippen molar-refractivity contribution < 1.29 is 14.3 Å². The number of rotatable bonds is 5. The van der Waals surface area contributed by atoms with Gasteiger partial charge in [-0.25, -0.2) is 14.8 Å². The maximum atomic E-state index is 11.8. The van der Waals surface area contributed by atoms with Crippen molar-refractivity contribution in [3.8, 4) is 0 Å². The predicted molar refractivity (Wildman–Crippen MR) is 110 cm³/mol. The first-order chi connectivity index (χ1) is 14.2. The fourth-order valence-corrected chi connectivity index (χ4v) is 4.59. The number of amides is 1. The average Bonchev–Trinajstić information content (AvgIpc) is 3.24. The number of aromatic nitrogens is 2. The highest BCUT2D eigenvalue weighted by Crippen LogP contribution is 2.27. The van der Waals surface area contributed by atoms with Crippen molar-refractivity contribution in [2.24, 2.45) is 0 Å². The van der Waals surface area contributed by atoms with Crippen LogP contribution in [0.2, 0.25) is 0 Å². The Morgan fingerprint density at radius 2 is 1.93 bits per heavy atom. The minimum atomic E-state index is -0.181. The molecule has 8 heteroatoms. The fourth-order valence-electron chi connectivity index (χ4n) is 4.59. The van der Waals surface area contributed by atoms with Crippen LogP contribution in [0.3, 0.4) is 0 Å². The maximum absolute atomic E-state index is 11.8. The molecule has 3 fully saturated rings. The lowest BCUT2D eigenvalue weighted by Crippen LogP contribution is -2.48. The number of anilines is 1. The molecule has 1 atom stereocenters. The quantitative estimate of drug-likeness (QED) is 0.807. The number of piperidine rings is 1. The standard InChI is InChI=1S/C21H33N5O3/c1-2-29-21(27)25-10-4-17(5-11-25)23-18-6-12-26(15-18)20-22-9-3-19(24-20)16-7-13-28-14-8-16/h3,9,16-18,23H,2,4-8,10-15H2,1H3. The third-order valence-electron chi connectivity index (χ3n) is 6.27. The van der Waals surface area contributed by atoms with Gasteiger partial charge in [-0.2, -0.15) is 0 Å². The molecule has 0 spiro atoms. The largest absolute Gasteiger partial charge is 0.450 e. The summed E-state index contributed by atoms with van der Waals surface area (Å²) < 4.78 is 10.6. The van der Waals surface area contributed by atoms with Crippen molar-refractivity contribution in [3.63, 3.8) is 0 Å². The Bertz CT molecular complexity index is 674. The van der Waals surface area contributed by atoms with E-state index in [0.29, 0.717) is 24.6 Å². The molecule has 29 heavy (non-hydrogen) atoms. The second kappa shape index (κ2) is 9.71. The first kappa shape index (κ1) is 20.3. The van der Waals surface area contributed by atoms with Crippen molar-refractivity contribution >= 4 is 12.0 Å². The van der Waals surface area contributed by atoms with Gasteiger partial charge in [-0.3, -0.25) is 0 Å². The Morgan fingerprint density at radius 3 is 2.69 bits per heavy atom. The Labute approximate surface area is 173 Å². The Morgan fingerprint density at radius 1 is 1.17 bits per heavy atom. The third-order valence-corrected chi connectivity index (χ3v) is 6.27. The van der Waals surface area contributed by atoms with Gasteiger partial charge in [0.2, 0.25) is 5.95 Å². The molecule has 1 aromatic heterocycles. The van der Waals surface area contributed by atoms with Crippen molar-refractivity contribution in [3.05, 3.63) is 18.0 Å². The summed E-state index contributed by atoms with van der Waals surface area (Å²) >= 11 is 0. The molecule has 1 unspecified atom stereocenters. The molecule has 1 amide bonds. The second-order valence-electron chi connectivity index (χ2n) is 8.23. The third kappa shape index (κ3) is 5.17. The number of likely N-dealkylation sites (tertiary alicyclic amines) is 1. The molecule has 0 radical (unpaired) electrons. The van der Waals surface area contributed by atoms with E-state index in [1.807, 2.05) is 18.0 Å². The second-order valence-corrected chi connectivity index (χ2v) is 8.23. The van der Waals surface area contributed by atoms with Gasteiger partial charge in [-0.15, -0.1) is 0 Å². The van der Waals surface area contributed by atoms with Crippen LogP contribution in [0.25, 0.3) is 0 Å². The first-order valence-electron chi connectivity index (χ1n) is 11.1. The Hall–Kier alpha value is -1.93. The molecule has 3 saturated heterocycles. The van der Waals surface area contributed by atoms with Crippen LogP contribution in [0.15, 0.2) is 12.3 Å². The molecule has 0 aromatic carbocycles. The van der Waals surface area contributed by atoms with Gasteiger partial charge < -0.3 is 24.6 Å². The molecular formula is C21H33N5O3. The van der Waals surface area contributed by atoms with Crippen LogP contribution in [0.4, 0.5) is 10.7 Å². The average molecular weight is 404 g/mol. The fraction of sp³-hybridized carbons (Fsp3) is 0.762. The van der Waals surface area contributed by atoms with Crippen molar-refractivity contribution in [1.82, 2.24) is 20.2 Å². The van der Waals surface area contributed by atoms with Crippen molar-refractivity contribution in [2.45, 2.75) is 57.0 Å². The maximum Gasteiger partial charge on any atom is 0.409 e. The molecule has 8 nitrogen and oxygen atoms in total. The molecule has 1 aromatic rings. The SMILES string of the molecule is CCOC(=O)N1CCC(NC2CCN(c3nccc(C4CCOCC4)n3)C2)CC1. The molecule has 0 bridgehead atoms. The zero-order valence-electron chi connectivity index (χ0n) is 17.4. The first-order valence-corrected chi connectivity index (χ1v) is 11.1. The minimum absolute atomic E-state index is 0.181. The minimum Gasteiger partial charge on any atom is -0.450 e. The smallest absolute Gasteiger partial charge is 0.409 e. The summed E-state index contributed by atoms with van der Waals surface area (Å²) in [5.41, 5.74) is 1.15. The van der Waals surface area contributed by atoms with Gasteiger partial charge in [0.25, 0.3) is 0 Å². The highest BCUT2D eigenvalue weighted by Gasteiger charge is 2.29. The van der Waals surface area contributed by atoms with E-state index in [-0.39, 0.29) is 6.09 Å². The summed E-state index contributed by atoms with van der Waals surface area (Å²) in [5, 5.41) is 3.79. The Balaban J connectivity index is 1.26. The summed E-state index contributed by atoms with van der Waals surface area (Å²) in [7, 11) is 0. The van der Waals surface area contributed by atoms with E-state index >= 15 is 0 Å². The number of hydrogen-bond donors (Lipinski definition) is 1. The lowest BCUT2D eigenvalue weighted by molar-refractivity contribution is 0.0845. The monoisotopic (exact) mass is 403 g/mol. The van der Waals surface area contributed by atoms with Crippen LogP contribution in [0, 0.1) is 0 Å². The molecule has 4 heterocycles. The Kier molecular flexibility index (Phi) is 6.82. The van der Waals surface area contributed by atoms with E-state index in [2.05, 4.69) is 21.3 Å². The van der Waals surface area contributed by atoms with Gasteiger partial charge in [0.05, 0.1) is 6.61 Å². The number of carbonyl (C=O) groups excluding carboxylic acids is 1. The zero-order chi connectivity index (χ0) is 20.1. The molecule has 0 saturated carbocycles. The van der Waals surface area contributed by atoms with Gasteiger partial charge in [0.1, 0.15) is 0 Å². The van der Waals surface area contributed by atoms with Crippen molar-refractivity contribution in [1.29, 1.82) is 0 Å². The van der Waals surface area contributed by atoms with Gasteiger partial charge in [-0.1, -0.05) is 0 Å². The van der Waals surface area contributed by atoms with E-state index in [4.69, 9.17) is 14.5 Å². The van der Waals surface area contributed by atoms with E-state index in [0.717, 1.165) is 83.1 Å². The number of nitrogens with zero attached hydrogens (tertiary/aromatic N) is 4. The van der Waals surface area contributed by atoms with Crippen molar-refractivity contribution in [2.75, 3.05) is 50.9 Å². The van der Waals surface area contributed by atoms with E-state index in [1.54, 1.807) is 0 Å². The van der Waals surface area contributed by atoms with Crippen LogP contribution < -0.4 is 10.2 Å². The van der Waals surface area contributed by atoms with Crippen LogP contribution >= 0.6 is 0 Å². The highest BCUT2D eigenvalue weighted by molar-refractivity contribution is 5.67. The summed E-state index contributed by atoms with van der Waals surface area (Å²) in [5.74, 6) is 1.35. The zero-order valence-corrected chi connectivity index (χ0v) is 17.4.